The van der Waals surface area contributed by atoms with Crippen molar-refractivity contribution in [3.63, 3.8) is 0 Å². The van der Waals surface area contributed by atoms with Crippen molar-refractivity contribution in [3.8, 4) is 5.75 Å². The molecule has 2 rings (SSSR count). The van der Waals surface area contributed by atoms with E-state index in [4.69, 9.17) is 16.3 Å². The predicted molar refractivity (Wildman–Crippen MR) is 73.6 cm³/mol. The Bertz CT molecular complexity index is 488. The van der Waals surface area contributed by atoms with Crippen molar-refractivity contribution in [1.29, 1.82) is 0 Å². The fourth-order valence-corrected chi connectivity index (χ4v) is 2.51. The number of benzene rings is 1. The summed E-state index contributed by atoms with van der Waals surface area (Å²) in [7, 11) is 0. The maximum Gasteiger partial charge on any atom is 0.253 e. The van der Waals surface area contributed by atoms with Gasteiger partial charge in [-0.15, -0.1) is 0 Å². The quantitative estimate of drug-likeness (QED) is 0.877. The Morgan fingerprint density at radius 3 is 2.95 bits per heavy atom. The van der Waals surface area contributed by atoms with Gasteiger partial charge in [0, 0.05) is 12.6 Å². The maximum absolute atomic E-state index is 12.1. The smallest absolute Gasteiger partial charge is 0.253 e. The van der Waals surface area contributed by atoms with Crippen LogP contribution in [0, 0.1) is 0 Å². The van der Waals surface area contributed by atoms with Gasteiger partial charge in [-0.1, -0.05) is 11.6 Å². The van der Waals surface area contributed by atoms with E-state index in [1.807, 2.05) is 13.8 Å². The van der Waals surface area contributed by atoms with Crippen molar-refractivity contribution < 1.29 is 14.6 Å². The number of carbonyl (C=O) groups is 1. The molecule has 2 N–H and O–H groups in total. The first-order valence-electron chi connectivity index (χ1n) is 6.31. The molecule has 0 radical (unpaired) electrons. The fourth-order valence-electron chi connectivity index (χ4n) is 2.31. The maximum atomic E-state index is 12.1. The lowest BCUT2D eigenvalue weighted by Crippen LogP contribution is -2.45. The van der Waals surface area contributed by atoms with E-state index in [2.05, 4.69) is 5.32 Å². The molecular weight excluding hydrogens is 266 g/mol. The number of carbonyl (C=O) groups excluding carboxylic acids is 1. The number of phenols is 1. The predicted octanol–water partition coefficient (Wildman–Crippen LogP) is 2.73. The van der Waals surface area contributed by atoms with Gasteiger partial charge >= 0.3 is 0 Å². The average molecular weight is 284 g/mol. The zero-order valence-electron chi connectivity index (χ0n) is 11.1. The van der Waals surface area contributed by atoms with Crippen LogP contribution in [-0.2, 0) is 4.74 Å². The molecule has 1 fully saturated rings. The van der Waals surface area contributed by atoms with E-state index in [1.54, 1.807) is 0 Å². The molecule has 0 bridgehead atoms. The summed E-state index contributed by atoms with van der Waals surface area (Å²) in [4.78, 5) is 12.1. The highest BCUT2D eigenvalue weighted by molar-refractivity contribution is 6.33. The summed E-state index contributed by atoms with van der Waals surface area (Å²) in [5.74, 6) is -0.231. The van der Waals surface area contributed by atoms with Crippen LogP contribution in [0.2, 0.25) is 5.02 Å². The molecule has 0 spiro atoms. The second-order valence-corrected chi connectivity index (χ2v) is 5.84. The van der Waals surface area contributed by atoms with Crippen LogP contribution in [0.3, 0.4) is 0 Å². The molecule has 1 saturated heterocycles. The molecule has 1 heterocycles. The molecule has 5 heteroatoms. The second-order valence-electron chi connectivity index (χ2n) is 5.44. The van der Waals surface area contributed by atoms with E-state index < -0.39 is 0 Å². The number of hydrogen-bond donors (Lipinski definition) is 2. The minimum absolute atomic E-state index is 0.0295. The van der Waals surface area contributed by atoms with Gasteiger partial charge in [0.05, 0.1) is 16.2 Å². The van der Waals surface area contributed by atoms with Crippen LogP contribution >= 0.6 is 11.6 Å². The van der Waals surface area contributed by atoms with E-state index in [1.165, 1.54) is 18.2 Å². The Kier molecular flexibility index (Phi) is 4.02. The second kappa shape index (κ2) is 5.39. The van der Waals surface area contributed by atoms with Crippen LogP contribution in [-0.4, -0.2) is 29.3 Å². The van der Waals surface area contributed by atoms with Crippen molar-refractivity contribution in [3.05, 3.63) is 28.8 Å². The van der Waals surface area contributed by atoms with Crippen LogP contribution in [0.25, 0.3) is 0 Å². The standard InChI is InChI=1S/C14H18ClNO3/c1-14(2)8-9(5-6-19-14)16-13(18)11-7-10(17)3-4-12(11)15/h3-4,7,9,17H,5-6,8H2,1-2H3,(H,16,18). The van der Waals surface area contributed by atoms with E-state index in [9.17, 15) is 9.90 Å². The lowest BCUT2D eigenvalue weighted by atomic mass is 9.94. The van der Waals surface area contributed by atoms with Crippen LogP contribution in [0.15, 0.2) is 18.2 Å². The van der Waals surface area contributed by atoms with Gasteiger partial charge in [0.1, 0.15) is 5.75 Å². The largest absolute Gasteiger partial charge is 0.508 e. The Labute approximate surface area is 117 Å². The van der Waals surface area contributed by atoms with Gasteiger partial charge in [0.25, 0.3) is 5.91 Å². The molecule has 1 aliphatic heterocycles. The zero-order chi connectivity index (χ0) is 14.0. The van der Waals surface area contributed by atoms with E-state index >= 15 is 0 Å². The third-order valence-electron chi connectivity index (χ3n) is 3.23. The first-order chi connectivity index (χ1) is 8.87. The van der Waals surface area contributed by atoms with Gasteiger partial charge in [0.15, 0.2) is 0 Å². The van der Waals surface area contributed by atoms with E-state index in [0.29, 0.717) is 17.2 Å². The number of hydrogen-bond acceptors (Lipinski definition) is 3. The first kappa shape index (κ1) is 14.2. The molecule has 1 atom stereocenters. The molecule has 1 aliphatic rings. The van der Waals surface area contributed by atoms with Crippen molar-refractivity contribution in [1.82, 2.24) is 5.32 Å². The third-order valence-corrected chi connectivity index (χ3v) is 3.56. The number of ether oxygens (including phenoxy) is 1. The lowest BCUT2D eigenvalue weighted by Gasteiger charge is -2.35. The molecule has 19 heavy (non-hydrogen) atoms. The number of nitrogens with one attached hydrogen (secondary N) is 1. The van der Waals surface area contributed by atoms with Crippen LogP contribution in [0.1, 0.15) is 37.0 Å². The fraction of sp³-hybridized carbons (Fsp3) is 0.500. The molecule has 0 saturated carbocycles. The zero-order valence-corrected chi connectivity index (χ0v) is 11.8. The summed E-state index contributed by atoms with van der Waals surface area (Å²) in [6, 6.07) is 4.41. The highest BCUT2D eigenvalue weighted by atomic mass is 35.5. The van der Waals surface area contributed by atoms with Crippen molar-refractivity contribution in [2.45, 2.75) is 38.3 Å². The SMILES string of the molecule is CC1(C)CC(NC(=O)c2cc(O)ccc2Cl)CCO1. The molecule has 1 aromatic rings. The van der Waals surface area contributed by atoms with E-state index in [0.717, 1.165) is 12.8 Å². The van der Waals surface area contributed by atoms with Gasteiger partial charge in [-0.2, -0.15) is 0 Å². The Morgan fingerprint density at radius 1 is 1.53 bits per heavy atom. The number of amides is 1. The highest BCUT2D eigenvalue weighted by Crippen LogP contribution is 2.25. The molecular formula is C14H18ClNO3. The average Bonchev–Trinajstić information content (AvgIpc) is 2.31. The number of aromatic hydroxyl groups is 1. The summed E-state index contributed by atoms with van der Waals surface area (Å²) >= 11 is 5.97. The van der Waals surface area contributed by atoms with Gasteiger partial charge < -0.3 is 15.2 Å². The summed E-state index contributed by atoms with van der Waals surface area (Å²) in [6.07, 6.45) is 1.54. The molecule has 4 nitrogen and oxygen atoms in total. The number of halogens is 1. The topological polar surface area (TPSA) is 58.6 Å². The Morgan fingerprint density at radius 2 is 2.26 bits per heavy atom. The monoisotopic (exact) mass is 283 g/mol. The molecule has 0 aliphatic carbocycles. The van der Waals surface area contributed by atoms with Crippen LogP contribution in [0.5, 0.6) is 5.75 Å². The Hall–Kier alpha value is -1.26. The summed E-state index contributed by atoms with van der Waals surface area (Å²) < 4.78 is 5.61. The van der Waals surface area contributed by atoms with Crippen molar-refractivity contribution >= 4 is 17.5 Å². The van der Waals surface area contributed by atoms with Gasteiger partial charge in [-0.3, -0.25) is 4.79 Å². The number of rotatable bonds is 2. The molecule has 1 aromatic carbocycles. The normalized spacial score (nSPS) is 21.9. The summed E-state index contributed by atoms with van der Waals surface area (Å²) in [5, 5.41) is 12.7. The molecule has 1 unspecified atom stereocenters. The summed E-state index contributed by atoms with van der Waals surface area (Å²) in [5.41, 5.74) is 0.0738. The van der Waals surface area contributed by atoms with Gasteiger partial charge in [-0.05, 0) is 44.9 Å². The first-order valence-corrected chi connectivity index (χ1v) is 6.68. The number of phenolic OH excluding ortho intramolecular Hbond substituents is 1. The molecule has 1 amide bonds. The molecule has 0 aromatic heterocycles. The van der Waals surface area contributed by atoms with Crippen LogP contribution < -0.4 is 5.32 Å². The van der Waals surface area contributed by atoms with Crippen molar-refractivity contribution in [2.24, 2.45) is 0 Å². The van der Waals surface area contributed by atoms with Crippen LogP contribution in [0.4, 0.5) is 0 Å². The minimum atomic E-state index is -0.261. The van der Waals surface area contributed by atoms with E-state index in [-0.39, 0.29) is 23.3 Å². The lowest BCUT2D eigenvalue weighted by molar-refractivity contribution is -0.0615. The molecule has 104 valence electrons. The third kappa shape index (κ3) is 3.61. The summed E-state index contributed by atoms with van der Waals surface area (Å²) in [6.45, 7) is 4.64. The highest BCUT2D eigenvalue weighted by Gasteiger charge is 2.30. The minimum Gasteiger partial charge on any atom is -0.508 e. The Balaban J connectivity index is 2.06. The van der Waals surface area contributed by atoms with Gasteiger partial charge in [0.2, 0.25) is 0 Å². The van der Waals surface area contributed by atoms with Crippen molar-refractivity contribution in [2.75, 3.05) is 6.61 Å². The van der Waals surface area contributed by atoms with Gasteiger partial charge in [-0.25, -0.2) is 0 Å².